The highest BCUT2D eigenvalue weighted by Crippen LogP contribution is 2.24. The molecule has 1 unspecified atom stereocenters. The first-order valence-corrected chi connectivity index (χ1v) is 19.4. The van der Waals surface area contributed by atoms with Gasteiger partial charge in [0, 0.05) is 12.8 Å². The molecule has 0 aromatic rings. The van der Waals surface area contributed by atoms with Crippen LogP contribution in [0.25, 0.3) is 0 Å². The molecule has 1 aliphatic rings. The van der Waals surface area contributed by atoms with E-state index >= 15 is 0 Å². The molecule has 0 aromatic heterocycles. The van der Waals surface area contributed by atoms with Gasteiger partial charge >= 0.3 is 11.9 Å². The minimum absolute atomic E-state index is 0.185. The summed E-state index contributed by atoms with van der Waals surface area (Å²) >= 11 is 0. The molecule has 8 nitrogen and oxygen atoms in total. The first-order valence-electron chi connectivity index (χ1n) is 19.4. The molecule has 0 radical (unpaired) electrons. The zero-order chi connectivity index (χ0) is 33.7. The molecule has 1 aliphatic heterocycles. The Morgan fingerprint density at radius 3 is 1.24 bits per heavy atom. The Bertz CT molecular complexity index is 715. The van der Waals surface area contributed by atoms with Crippen LogP contribution in [0.15, 0.2) is 0 Å². The predicted molar refractivity (Wildman–Crippen MR) is 184 cm³/mol. The summed E-state index contributed by atoms with van der Waals surface area (Å²) in [5, 5.41) is 31.3. The molecule has 1 rings (SSSR count). The number of carbonyl (C=O) groups excluding carboxylic acids is 2. The fourth-order valence-electron chi connectivity index (χ4n) is 6.22. The van der Waals surface area contributed by atoms with Crippen molar-refractivity contribution in [2.24, 2.45) is 0 Å². The maximum absolute atomic E-state index is 12.3. The van der Waals surface area contributed by atoms with Gasteiger partial charge in [-0.2, -0.15) is 0 Å². The lowest BCUT2D eigenvalue weighted by Crippen LogP contribution is -2.60. The Kier molecular flexibility index (Phi) is 27.8. The van der Waals surface area contributed by atoms with Crippen molar-refractivity contribution >= 4 is 11.9 Å². The van der Waals surface area contributed by atoms with Crippen LogP contribution >= 0.6 is 0 Å². The number of esters is 2. The minimum atomic E-state index is -1.61. The largest absolute Gasteiger partial charge is 0.463 e. The lowest BCUT2D eigenvalue weighted by molar-refractivity contribution is -0.291. The van der Waals surface area contributed by atoms with Gasteiger partial charge in [-0.1, -0.05) is 168 Å². The zero-order valence-corrected chi connectivity index (χ0v) is 29.8. The van der Waals surface area contributed by atoms with Gasteiger partial charge in [0.25, 0.3) is 0 Å². The molecule has 0 aromatic carbocycles. The molecule has 272 valence electrons. The minimum Gasteiger partial charge on any atom is -0.463 e. The van der Waals surface area contributed by atoms with Gasteiger partial charge in [0.1, 0.15) is 24.9 Å². The van der Waals surface area contributed by atoms with Crippen LogP contribution in [-0.2, 0) is 23.8 Å². The van der Waals surface area contributed by atoms with Gasteiger partial charge in [-0.15, -0.1) is 0 Å². The number of hydrogen-bond donors (Lipinski definition) is 3. The van der Waals surface area contributed by atoms with Crippen LogP contribution in [0.4, 0.5) is 0 Å². The van der Waals surface area contributed by atoms with Gasteiger partial charge in [-0.3, -0.25) is 9.59 Å². The van der Waals surface area contributed by atoms with Crippen molar-refractivity contribution in [1.29, 1.82) is 0 Å². The first kappa shape index (κ1) is 42.8. The number of ether oxygens (including phenoxy) is 3. The third-order valence-corrected chi connectivity index (χ3v) is 9.31. The molecule has 0 bridgehead atoms. The molecule has 5 atom stereocenters. The quantitative estimate of drug-likeness (QED) is 0.0500. The Balaban J connectivity index is 2.06. The van der Waals surface area contributed by atoms with Crippen molar-refractivity contribution in [3.63, 3.8) is 0 Å². The molecule has 8 heteroatoms. The van der Waals surface area contributed by atoms with Gasteiger partial charge in [0.15, 0.2) is 12.4 Å². The van der Waals surface area contributed by atoms with Crippen molar-refractivity contribution in [1.82, 2.24) is 0 Å². The Labute approximate surface area is 281 Å². The second-order valence-corrected chi connectivity index (χ2v) is 13.7. The average Bonchev–Trinajstić information content (AvgIpc) is 3.04. The van der Waals surface area contributed by atoms with E-state index in [4.69, 9.17) is 14.2 Å². The van der Waals surface area contributed by atoms with Crippen molar-refractivity contribution in [3.05, 3.63) is 0 Å². The topological polar surface area (TPSA) is 123 Å². The molecule has 3 N–H and O–H groups in total. The molecule has 1 saturated heterocycles. The third-order valence-electron chi connectivity index (χ3n) is 9.31. The fourth-order valence-corrected chi connectivity index (χ4v) is 6.22. The normalized spacial score (nSPS) is 21.4. The fraction of sp³-hybridized carbons (Fsp3) is 0.947. The number of aliphatic hydroxyl groups excluding tert-OH is 3. The van der Waals surface area contributed by atoms with E-state index in [1.807, 2.05) is 0 Å². The van der Waals surface area contributed by atoms with Gasteiger partial charge in [-0.05, 0) is 12.8 Å². The first-order chi connectivity index (χ1) is 22.4. The van der Waals surface area contributed by atoms with Crippen LogP contribution in [0, 0.1) is 0 Å². The average molecular weight is 657 g/mol. The molecule has 0 amide bonds. The summed E-state index contributed by atoms with van der Waals surface area (Å²) in [5.74, 6) is -0.932. The van der Waals surface area contributed by atoms with Crippen LogP contribution in [0.3, 0.4) is 0 Å². The number of carbonyl (C=O) groups is 2. The number of hydrogen-bond acceptors (Lipinski definition) is 8. The molecular formula is C38H72O8. The molecule has 46 heavy (non-hydrogen) atoms. The van der Waals surface area contributed by atoms with E-state index in [1.54, 1.807) is 0 Å². The van der Waals surface area contributed by atoms with Gasteiger partial charge in [-0.25, -0.2) is 0 Å². The Morgan fingerprint density at radius 1 is 0.500 bits per heavy atom. The van der Waals surface area contributed by atoms with Gasteiger partial charge in [0.05, 0.1) is 0 Å². The van der Waals surface area contributed by atoms with E-state index in [1.165, 1.54) is 122 Å². The number of unbranched alkanes of at least 4 members (excludes halogenated alkanes) is 24. The van der Waals surface area contributed by atoms with Crippen molar-refractivity contribution in [3.8, 4) is 0 Å². The molecule has 0 spiro atoms. The SMILES string of the molecule is CCCCCCCCCCCCCCCC(=O)OC[C@H]1OC(O)[C@H](OC(=O)CCCCCCCCCCCCCCC)[C@@H](O)[C@@H]1O. The summed E-state index contributed by atoms with van der Waals surface area (Å²) in [6, 6.07) is 0. The molecular weight excluding hydrogens is 584 g/mol. The summed E-state index contributed by atoms with van der Waals surface area (Å²) in [6.45, 7) is 4.20. The summed E-state index contributed by atoms with van der Waals surface area (Å²) in [7, 11) is 0. The van der Waals surface area contributed by atoms with Crippen molar-refractivity contribution in [2.45, 2.75) is 224 Å². The molecule has 1 heterocycles. The Hall–Kier alpha value is -1.22. The summed E-state index contributed by atoms with van der Waals surface area (Å²) in [5.41, 5.74) is 0. The lowest BCUT2D eigenvalue weighted by Gasteiger charge is -2.39. The lowest BCUT2D eigenvalue weighted by atomic mass is 9.99. The third kappa shape index (κ3) is 22.4. The van der Waals surface area contributed by atoms with E-state index in [2.05, 4.69) is 13.8 Å². The summed E-state index contributed by atoms with van der Waals surface area (Å²) in [6.07, 6.45) is 25.0. The standard InChI is InChI=1S/C38H72O8/c1-3-5-7-9-11-13-15-17-19-21-23-25-27-29-33(39)44-31-32-35(41)36(42)37(38(43)45-32)46-34(40)30-28-26-24-22-20-18-16-14-12-10-8-6-4-2/h32,35-38,41-43H,3-31H2,1-2H3/t32-,35-,36+,37-,38?/m1/s1. The second kappa shape index (κ2) is 29.9. The maximum atomic E-state index is 12.3. The van der Waals surface area contributed by atoms with E-state index in [0.717, 1.165) is 38.5 Å². The highest BCUT2D eigenvalue weighted by molar-refractivity contribution is 5.69. The Morgan fingerprint density at radius 2 is 0.848 bits per heavy atom. The summed E-state index contributed by atoms with van der Waals surface area (Å²) < 4.78 is 15.9. The summed E-state index contributed by atoms with van der Waals surface area (Å²) in [4.78, 5) is 24.5. The molecule has 0 saturated carbocycles. The van der Waals surface area contributed by atoms with E-state index in [-0.39, 0.29) is 19.4 Å². The van der Waals surface area contributed by atoms with E-state index < -0.39 is 42.6 Å². The molecule has 1 fully saturated rings. The van der Waals surface area contributed by atoms with Crippen molar-refractivity contribution < 1.29 is 39.1 Å². The zero-order valence-electron chi connectivity index (χ0n) is 29.8. The van der Waals surface area contributed by atoms with Gasteiger partial charge in [0.2, 0.25) is 0 Å². The van der Waals surface area contributed by atoms with Crippen LogP contribution in [0.1, 0.15) is 194 Å². The predicted octanol–water partition coefficient (Wildman–Crippen LogP) is 8.84. The number of rotatable bonds is 31. The monoisotopic (exact) mass is 657 g/mol. The number of aliphatic hydroxyl groups is 3. The second-order valence-electron chi connectivity index (χ2n) is 13.7. The van der Waals surface area contributed by atoms with E-state index in [0.29, 0.717) is 6.42 Å². The highest BCUT2D eigenvalue weighted by Gasteiger charge is 2.46. The van der Waals surface area contributed by atoms with Crippen LogP contribution in [0.2, 0.25) is 0 Å². The smallest absolute Gasteiger partial charge is 0.306 e. The van der Waals surface area contributed by atoms with Crippen LogP contribution in [0.5, 0.6) is 0 Å². The van der Waals surface area contributed by atoms with Crippen LogP contribution in [-0.4, -0.2) is 64.6 Å². The van der Waals surface area contributed by atoms with Crippen molar-refractivity contribution in [2.75, 3.05) is 6.61 Å². The highest BCUT2D eigenvalue weighted by atomic mass is 16.7. The maximum Gasteiger partial charge on any atom is 0.306 e. The molecule has 0 aliphatic carbocycles. The van der Waals surface area contributed by atoms with Crippen LogP contribution < -0.4 is 0 Å². The van der Waals surface area contributed by atoms with Gasteiger partial charge < -0.3 is 29.5 Å². The van der Waals surface area contributed by atoms with E-state index in [9.17, 15) is 24.9 Å².